The van der Waals surface area contributed by atoms with Crippen molar-refractivity contribution in [2.75, 3.05) is 11.2 Å². The van der Waals surface area contributed by atoms with E-state index in [-0.39, 0.29) is 57.0 Å². The Morgan fingerprint density at radius 3 is 2.40 bits per heavy atom. The van der Waals surface area contributed by atoms with Crippen LogP contribution in [0.15, 0.2) is 34.8 Å². The number of nitrogens with two attached hydrogens (primary N) is 1. The van der Waals surface area contributed by atoms with Crippen molar-refractivity contribution in [2.24, 2.45) is 10.9 Å². The molecule has 45 heavy (non-hydrogen) atoms. The number of β-lactam (4-membered cyclic amide) rings is 1. The summed E-state index contributed by atoms with van der Waals surface area (Å²) in [6.45, 7) is 2.12. The molecule has 0 bridgehead atoms. The van der Waals surface area contributed by atoms with Crippen LogP contribution in [0.4, 0.5) is 10.8 Å². The van der Waals surface area contributed by atoms with Gasteiger partial charge < -0.3 is 30.5 Å². The van der Waals surface area contributed by atoms with Gasteiger partial charge >= 0.3 is 35.5 Å². The third-order valence-corrected chi connectivity index (χ3v) is 7.46. The molecule has 4 N–H and O–H groups in total. The van der Waals surface area contributed by atoms with Gasteiger partial charge in [-0.15, -0.1) is 22.9 Å². The number of non-ortho nitro benzene ring substituents is 1. The van der Waals surface area contributed by atoms with E-state index in [0.29, 0.717) is 5.56 Å². The number of esters is 1. The third kappa shape index (κ3) is 9.15. The van der Waals surface area contributed by atoms with Gasteiger partial charge in [-0.05, 0) is 31.5 Å². The minimum absolute atomic E-state index is 0. The zero-order chi connectivity index (χ0) is 33.0. The van der Waals surface area contributed by atoms with Crippen LogP contribution in [0.25, 0.3) is 0 Å². The van der Waals surface area contributed by atoms with Gasteiger partial charge in [-0.25, -0.2) is 22.5 Å². The maximum atomic E-state index is 13.2. The van der Waals surface area contributed by atoms with E-state index in [0.717, 1.165) is 11.3 Å². The summed E-state index contributed by atoms with van der Waals surface area (Å²) in [4.78, 5) is 81.1. The molecule has 2 unspecified atom stereocenters. The number of benzene rings is 1. The number of nitro benzene ring substituents is 1. The minimum atomic E-state index is -5.45. The quantitative estimate of drug-likeness (QED) is 0.0264. The SMILES string of the molecule is CC(C)(ON=C(C(=O)NC1C(=O)N(S(=O)(=O)[O-])C1C(N)=O)c1csc(NC(=O)CCl)n1)C(=O)OCc1ccc([N+](=O)[O-])cc1.[Na+]. The monoisotopic (exact) mass is 697 g/mol. The van der Waals surface area contributed by atoms with Gasteiger partial charge in [0.25, 0.3) is 17.5 Å². The Balaban J connectivity index is 0.00000705. The number of nitrogens with one attached hydrogen (secondary N) is 2. The number of hydrogen-bond acceptors (Lipinski definition) is 15. The van der Waals surface area contributed by atoms with Crippen molar-refractivity contribution in [3.63, 3.8) is 0 Å². The molecular formula is C22H21ClN7NaO12S2. The van der Waals surface area contributed by atoms with Crippen LogP contribution in [-0.4, -0.2) is 86.1 Å². The molecule has 1 aromatic carbocycles. The topological polar surface area (TPSA) is 283 Å². The Hall–Kier alpha value is -3.73. The van der Waals surface area contributed by atoms with Crippen LogP contribution < -0.4 is 45.9 Å². The van der Waals surface area contributed by atoms with E-state index in [4.69, 9.17) is 26.9 Å². The molecule has 19 nitrogen and oxygen atoms in total. The number of nitro groups is 1. The van der Waals surface area contributed by atoms with Gasteiger partial charge in [-0.3, -0.25) is 29.3 Å². The van der Waals surface area contributed by atoms with Crippen LogP contribution in [0, 0.1) is 10.1 Å². The zero-order valence-corrected chi connectivity index (χ0v) is 27.8. The molecule has 0 aliphatic carbocycles. The summed E-state index contributed by atoms with van der Waals surface area (Å²) in [5.41, 5.74) is 2.47. The first-order valence-corrected chi connectivity index (χ1v) is 14.6. The molecule has 2 aromatic rings. The number of hydrogen-bond donors (Lipinski definition) is 3. The van der Waals surface area contributed by atoms with E-state index >= 15 is 0 Å². The first-order valence-electron chi connectivity index (χ1n) is 11.8. The molecule has 23 heteroatoms. The Bertz CT molecular complexity index is 1650. The number of ether oxygens (including phenoxy) is 1. The Labute approximate surface area is 284 Å². The number of nitrogens with zero attached hydrogens (tertiary/aromatic N) is 4. The summed E-state index contributed by atoms with van der Waals surface area (Å²) in [6.07, 6.45) is 0. The number of thiazole rings is 1. The fourth-order valence-electron chi connectivity index (χ4n) is 3.37. The number of alkyl halides is 1. The summed E-state index contributed by atoms with van der Waals surface area (Å²) < 4.78 is 38.9. The second kappa shape index (κ2) is 15.0. The Kier molecular flexibility index (Phi) is 12.5. The molecule has 0 radical (unpaired) electrons. The first kappa shape index (κ1) is 37.5. The van der Waals surface area contributed by atoms with E-state index in [1.807, 2.05) is 5.32 Å². The smallest absolute Gasteiger partial charge is 0.731 e. The van der Waals surface area contributed by atoms with Gasteiger partial charge in [0.2, 0.25) is 17.4 Å². The average Bonchev–Trinajstić information content (AvgIpc) is 3.39. The van der Waals surface area contributed by atoms with E-state index in [9.17, 15) is 47.1 Å². The number of amides is 4. The van der Waals surface area contributed by atoms with Crippen molar-refractivity contribution < 1.29 is 81.0 Å². The van der Waals surface area contributed by atoms with E-state index in [1.54, 1.807) is 0 Å². The van der Waals surface area contributed by atoms with Crippen LogP contribution in [0.1, 0.15) is 25.1 Å². The first-order chi connectivity index (χ1) is 20.5. The van der Waals surface area contributed by atoms with Gasteiger partial charge in [0.1, 0.15) is 24.2 Å². The number of oxime groups is 1. The van der Waals surface area contributed by atoms with E-state index < -0.39 is 74.1 Å². The van der Waals surface area contributed by atoms with Crippen LogP contribution in [0.2, 0.25) is 0 Å². The second-order valence-corrected chi connectivity index (χ2v) is 11.5. The fraction of sp³-hybridized carbons (Fsp3) is 0.318. The van der Waals surface area contributed by atoms with E-state index in [1.165, 1.54) is 43.5 Å². The normalized spacial score (nSPS) is 16.5. The number of aromatic nitrogens is 1. The molecule has 1 fully saturated rings. The molecule has 4 amide bonds. The largest absolute Gasteiger partial charge is 1.00 e. The summed E-state index contributed by atoms with van der Waals surface area (Å²) in [6, 6.07) is 1.21. The number of carbonyl (C=O) groups is 5. The molecule has 0 spiro atoms. The molecule has 1 saturated heterocycles. The van der Waals surface area contributed by atoms with Crippen molar-refractivity contribution in [3.8, 4) is 0 Å². The van der Waals surface area contributed by atoms with Crippen LogP contribution in [0.5, 0.6) is 0 Å². The third-order valence-electron chi connectivity index (χ3n) is 5.57. The van der Waals surface area contributed by atoms with Crippen molar-refractivity contribution in [1.82, 2.24) is 14.6 Å². The standard InChI is InChI=1S/C22H22ClN7O12S2.Na/c1-22(2,20(35)41-8-10-3-5-11(6-4-10)30(36)37)42-28-14(12-9-43-21(25-12)26-13(31)7-23)18(33)27-15-16(17(24)32)29(19(15)34)44(38,39)40;/h3-6,9,15-16H,7-8H2,1-2H3,(H2,24,32)(H,27,33)(H,25,26,31)(H,38,39,40);/q;+1/p-1. The number of rotatable bonds is 13. The summed E-state index contributed by atoms with van der Waals surface area (Å²) in [7, 11) is -5.45. The van der Waals surface area contributed by atoms with Gasteiger partial charge in [-0.1, -0.05) is 5.16 Å². The molecule has 1 aliphatic heterocycles. The van der Waals surface area contributed by atoms with Gasteiger partial charge in [0, 0.05) is 17.5 Å². The van der Waals surface area contributed by atoms with Crippen molar-refractivity contribution in [3.05, 3.63) is 51.0 Å². The predicted molar refractivity (Wildman–Crippen MR) is 148 cm³/mol. The molecule has 236 valence electrons. The summed E-state index contributed by atoms with van der Waals surface area (Å²) >= 11 is 6.27. The number of anilines is 1. The van der Waals surface area contributed by atoms with Gasteiger partial charge in [0.05, 0.1) is 4.92 Å². The van der Waals surface area contributed by atoms with E-state index in [2.05, 4.69) is 15.5 Å². The summed E-state index contributed by atoms with van der Waals surface area (Å²) in [5, 5.41) is 20.0. The number of primary amides is 1. The van der Waals surface area contributed by atoms with Gasteiger partial charge in [0.15, 0.2) is 27.2 Å². The van der Waals surface area contributed by atoms with Crippen molar-refractivity contribution >= 4 is 79.4 Å². The zero-order valence-electron chi connectivity index (χ0n) is 23.4. The number of carbonyl (C=O) groups excluding carboxylic acids is 5. The van der Waals surface area contributed by atoms with Crippen molar-refractivity contribution in [2.45, 2.75) is 38.1 Å². The maximum Gasteiger partial charge on any atom is 1.00 e. The molecule has 2 atom stereocenters. The van der Waals surface area contributed by atoms with Crippen LogP contribution in [0.3, 0.4) is 0 Å². The number of halogens is 1. The Morgan fingerprint density at radius 2 is 1.87 bits per heavy atom. The molecular weight excluding hydrogens is 677 g/mol. The minimum Gasteiger partial charge on any atom is -0.731 e. The summed E-state index contributed by atoms with van der Waals surface area (Å²) in [5.74, 6) is -6.22. The fourth-order valence-corrected chi connectivity index (χ4v) is 4.99. The van der Waals surface area contributed by atoms with Crippen LogP contribution in [-0.2, 0) is 50.5 Å². The predicted octanol–water partition coefficient (Wildman–Crippen LogP) is -3.88. The van der Waals surface area contributed by atoms with Crippen LogP contribution >= 0.6 is 22.9 Å². The van der Waals surface area contributed by atoms with Crippen molar-refractivity contribution in [1.29, 1.82) is 0 Å². The Morgan fingerprint density at radius 1 is 1.24 bits per heavy atom. The molecule has 1 aliphatic rings. The van der Waals surface area contributed by atoms with Gasteiger partial charge in [-0.2, -0.15) is 0 Å². The maximum absolute atomic E-state index is 13.2. The molecule has 3 rings (SSSR count). The molecule has 2 heterocycles. The molecule has 1 aromatic heterocycles. The molecule has 0 saturated carbocycles. The average molecular weight is 698 g/mol. The second-order valence-electron chi connectivity index (χ2n) is 9.15.